The first kappa shape index (κ1) is 13.2. The number of nitrogens with one attached hydrogen (secondary N) is 3. The maximum absolute atomic E-state index is 11.8. The molecule has 2 aromatic rings. The van der Waals surface area contributed by atoms with E-state index < -0.39 is 0 Å². The Kier molecular flexibility index (Phi) is 3.09. The topological polar surface area (TPSA) is 91.3 Å². The molecule has 0 bridgehead atoms. The van der Waals surface area contributed by atoms with Crippen LogP contribution in [0.4, 0.5) is 4.79 Å². The average molecular weight is 285 g/mol. The second kappa shape index (κ2) is 4.93. The van der Waals surface area contributed by atoms with Gasteiger partial charge in [0.05, 0.1) is 17.4 Å². The van der Waals surface area contributed by atoms with Crippen molar-refractivity contribution in [3.05, 3.63) is 51.9 Å². The van der Waals surface area contributed by atoms with Crippen molar-refractivity contribution in [3.8, 4) is 5.69 Å². The SMILES string of the molecule is Cc1cc(=O)n(-c2ccc(C3=NNC(=O)NC3C)cc2)[nH]1. The summed E-state index contributed by atoms with van der Waals surface area (Å²) in [5.74, 6) is 0. The van der Waals surface area contributed by atoms with E-state index in [0.717, 1.165) is 22.7 Å². The quantitative estimate of drug-likeness (QED) is 0.764. The fourth-order valence-corrected chi connectivity index (χ4v) is 2.31. The summed E-state index contributed by atoms with van der Waals surface area (Å²) in [6.45, 7) is 3.70. The molecule has 0 spiro atoms. The molecule has 2 heterocycles. The van der Waals surface area contributed by atoms with Gasteiger partial charge in [-0.25, -0.2) is 14.9 Å². The molecular weight excluding hydrogens is 270 g/mol. The van der Waals surface area contributed by atoms with Gasteiger partial charge in [-0.2, -0.15) is 5.10 Å². The maximum Gasteiger partial charge on any atom is 0.335 e. The van der Waals surface area contributed by atoms with E-state index in [-0.39, 0.29) is 17.6 Å². The molecule has 1 aromatic heterocycles. The summed E-state index contributed by atoms with van der Waals surface area (Å²) >= 11 is 0. The van der Waals surface area contributed by atoms with Crippen molar-refractivity contribution in [2.45, 2.75) is 19.9 Å². The molecule has 0 saturated heterocycles. The molecule has 7 heteroatoms. The third kappa shape index (κ3) is 2.45. The van der Waals surface area contributed by atoms with Crippen LogP contribution in [0, 0.1) is 6.92 Å². The molecule has 1 aliphatic rings. The summed E-state index contributed by atoms with van der Waals surface area (Å²) in [4.78, 5) is 22.9. The number of hydrogen-bond acceptors (Lipinski definition) is 3. The lowest BCUT2D eigenvalue weighted by atomic mass is 10.0. The Bertz CT molecular complexity index is 769. The third-order valence-corrected chi connectivity index (χ3v) is 3.31. The molecule has 1 atom stereocenters. The Labute approximate surface area is 120 Å². The highest BCUT2D eigenvalue weighted by molar-refractivity contribution is 6.07. The molecule has 0 saturated carbocycles. The van der Waals surface area contributed by atoms with Gasteiger partial charge in [0.2, 0.25) is 0 Å². The third-order valence-electron chi connectivity index (χ3n) is 3.31. The van der Waals surface area contributed by atoms with Gasteiger partial charge < -0.3 is 5.32 Å². The number of urea groups is 1. The van der Waals surface area contributed by atoms with Crippen molar-refractivity contribution in [2.24, 2.45) is 5.10 Å². The first-order valence-corrected chi connectivity index (χ1v) is 6.58. The van der Waals surface area contributed by atoms with Crippen molar-refractivity contribution in [1.82, 2.24) is 20.5 Å². The number of rotatable bonds is 2. The lowest BCUT2D eigenvalue weighted by Crippen LogP contribution is -2.48. The smallest absolute Gasteiger partial charge is 0.328 e. The molecule has 3 N–H and O–H groups in total. The standard InChI is InChI=1S/C14H15N5O2/c1-8-7-12(20)19(18-8)11-5-3-10(4-6-11)13-9(2)15-14(21)17-16-13/h3-7,9,18H,1-2H3,(H2,15,17,21). The average Bonchev–Trinajstić information content (AvgIpc) is 2.78. The van der Waals surface area contributed by atoms with Crippen LogP contribution in [0.25, 0.3) is 5.69 Å². The molecule has 2 amide bonds. The van der Waals surface area contributed by atoms with E-state index in [1.54, 1.807) is 6.07 Å². The summed E-state index contributed by atoms with van der Waals surface area (Å²) in [6.07, 6.45) is 0. The Morgan fingerprint density at radius 3 is 2.48 bits per heavy atom. The van der Waals surface area contributed by atoms with Crippen LogP contribution in [-0.4, -0.2) is 27.6 Å². The Morgan fingerprint density at radius 2 is 1.90 bits per heavy atom. The molecular formula is C14H15N5O2. The lowest BCUT2D eigenvalue weighted by molar-refractivity contribution is 0.239. The summed E-state index contributed by atoms with van der Waals surface area (Å²) < 4.78 is 1.48. The summed E-state index contributed by atoms with van der Waals surface area (Å²) in [5, 5.41) is 9.79. The van der Waals surface area contributed by atoms with Crippen LogP contribution >= 0.6 is 0 Å². The summed E-state index contributed by atoms with van der Waals surface area (Å²) in [5.41, 5.74) is 5.48. The Hall–Kier alpha value is -2.83. The van der Waals surface area contributed by atoms with Crippen LogP contribution in [0.1, 0.15) is 18.2 Å². The lowest BCUT2D eigenvalue weighted by Gasteiger charge is -2.21. The molecule has 0 radical (unpaired) electrons. The number of H-pyrrole nitrogens is 1. The van der Waals surface area contributed by atoms with Crippen molar-refractivity contribution in [2.75, 3.05) is 0 Å². The van der Waals surface area contributed by atoms with E-state index in [4.69, 9.17) is 0 Å². The maximum atomic E-state index is 11.8. The molecule has 1 unspecified atom stereocenters. The number of aryl methyl sites for hydroxylation is 1. The van der Waals surface area contributed by atoms with Crippen molar-refractivity contribution >= 4 is 11.7 Å². The van der Waals surface area contributed by atoms with Gasteiger partial charge >= 0.3 is 6.03 Å². The van der Waals surface area contributed by atoms with Gasteiger partial charge in [-0.3, -0.25) is 9.89 Å². The van der Waals surface area contributed by atoms with E-state index >= 15 is 0 Å². The zero-order valence-electron chi connectivity index (χ0n) is 11.7. The number of hydrogen-bond donors (Lipinski definition) is 3. The summed E-state index contributed by atoms with van der Waals surface area (Å²) in [7, 11) is 0. The second-order valence-corrected chi connectivity index (χ2v) is 4.96. The van der Waals surface area contributed by atoms with Gasteiger partial charge in [-0.1, -0.05) is 12.1 Å². The fraction of sp³-hybridized carbons (Fsp3) is 0.214. The Morgan fingerprint density at radius 1 is 1.19 bits per heavy atom. The second-order valence-electron chi connectivity index (χ2n) is 4.96. The zero-order valence-corrected chi connectivity index (χ0v) is 11.7. The number of aromatic nitrogens is 2. The number of nitrogens with zero attached hydrogens (tertiary/aromatic N) is 2. The minimum Gasteiger partial charge on any atom is -0.328 e. The van der Waals surface area contributed by atoms with E-state index in [9.17, 15) is 9.59 Å². The highest BCUT2D eigenvalue weighted by Crippen LogP contribution is 2.11. The fourth-order valence-electron chi connectivity index (χ4n) is 2.31. The Balaban J connectivity index is 1.93. The van der Waals surface area contributed by atoms with Gasteiger partial charge in [-0.05, 0) is 26.0 Å². The highest BCUT2D eigenvalue weighted by atomic mass is 16.2. The summed E-state index contributed by atoms with van der Waals surface area (Å²) in [6, 6.07) is 8.47. The minimum atomic E-state index is -0.309. The van der Waals surface area contributed by atoms with Crippen LogP contribution in [0.5, 0.6) is 0 Å². The first-order valence-electron chi connectivity index (χ1n) is 6.58. The molecule has 108 valence electrons. The van der Waals surface area contributed by atoms with E-state index in [0.29, 0.717) is 0 Å². The molecule has 0 fully saturated rings. The predicted molar refractivity (Wildman–Crippen MR) is 78.8 cm³/mol. The molecule has 3 rings (SSSR count). The van der Waals surface area contributed by atoms with Gasteiger partial charge in [0.1, 0.15) is 0 Å². The van der Waals surface area contributed by atoms with Crippen LogP contribution < -0.4 is 16.3 Å². The predicted octanol–water partition coefficient (Wildman–Crippen LogP) is 0.879. The van der Waals surface area contributed by atoms with Crippen LogP contribution in [0.3, 0.4) is 0 Å². The van der Waals surface area contributed by atoms with Gasteiger partial charge in [-0.15, -0.1) is 0 Å². The number of aromatic amines is 1. The normalized spacial score (nSPS) is 17.9. The van der Waals surface area contributed by atoms with Crippen molar-refractivity contribution in [1.29, 1.82) is 0 Å². The number of amides is 2. The molecule has 0 aliphatic carbocycles. The van der Waals surface area contributed by atoms with Crippen molar-refractivity contribution < 1.29 is 4.79 Å². The minimum absolute atomic E-state index is 0.0995. The highest BCUT2D eigenvalue weighted by Gasteiger charge is 2.20. The van der Waals surface area contributed by atoms with E-state index in [1.165, 1.54) is 4.68 Å². The van der Waals surface area contributed by atoms with Gasteiger partial charge in [0.25, 0.3) is 5.56 Å². The number of carbonyl (C=O) groups excluding carboxylic acids is 1. The van der Waals surface area contributed by atoms with E-state index in [2.05, 4.69) is 20.9 Å². The van der Waals surface area contributed by atoms with Crippen LogP contribution in [0.2, 0.25) is 0 Å². The van der Waals surface area contributed by atoms with Gasteiger partial charge in [0, 0.05) is 17.3 Å². The van der Waals surface area contributed by atoms with Crippen molar-refractivity contribution in [3.63, 3.8) is 0 Å². The zero-order chi connectivity index (χ0) is 15.0. The molecule has 1 aliphatic heterocycles. The number of benzene rings is 1. The number of hydrazone groups is 1. The first-order chi connectivity index (χ1) is 10.0. The van der Waals surface area contributed by atoms with Gasteiger partial charge in [0.15, 0.2) is 0 Å². The molecule has 21 heavy (non-hydrogen) atoms. The monoisotopic (exact) mass is 285 g/mol. The van der Waals surface area contributed by atoms with Crippen LogP contribution in [-0.2, 0) is 0 Å². The molecule has 1 aromatic carbocycles. The van der Waals surface area contributed by atoms with Crippen LogP contribution in [0.15, 0.2) is 40.2 Å². The van der Waals surface area contributed by atoms with E-state index in [1.807, 2.05) is 38.1 Å². The largest absolute Gasteiger partial charge is 0.335 e. The molecule has 7 nitrogen and oxygen atoms in total. The number of carbonyl (C=O) groups is 1.